The molecule has 0 bridgehead atoms. The lowest BCUT2D eigenvalue weighted by Gasteiger charge is -2.37. The summed E-state index contributed by atoms with van der Waals surface area (Å²) in [5, 5.41) is 2.65. The van der Waals surface area contributed by atoms with E-state index in [2.05, 4.69) is 5.32 Å². The first-order chi connectivity index (χ1) is 9.11. The molecule has 110 valence electrons. The summed E-state index contributed by atoms with van der Waals surface area (Å²) in [6, 6.07) is -0.378. The molecule has 0 radical (unpaired) electrons. The molecule has 1 heterocycles. The van der Waals surface area contributed by atoms with Crippen molar-refractivity contribution in [2.24, 2.45) is 5.92 Å². The molecule has 0 aromatic rings. The SMILES string of the molecule is CCC(C)C1C(=O)NCC(=O)N1CCOCCOC. The van der Waals surface area contributed by atoms with Crippen molar-refractivity contribution in [2.45, 2.75) is 26.3 Å². The third-order valence-corrected chi connectivity index (χ3v) is 3.43. The Bertz CT molecular complexity index is 309. The number of hydrogen-bond donors (Lipinski definition) is 1. The van der Waals surface area contributed by atoms with E-state index < -0.39 is 0 Å². The number of ether oxygens (including phenoxy) is 2. The molecule has 1 fully saturated rings. The molecule has 0 saturated carbocycles. The summed E-state index contributed by atoms with van der Waals surface area (Å²) in [7, 11) is 1.61. The van der Waals surface area contributed by atoms with Gasteiger partial charge in [-0.3, -0.25) is 9.59 Å². The number of nitrogens with one attached hydrogen (secondary N) is 1. The number of carbonyl (C=O) groups is 2. The Morgan fingerprint density at radius 3 is 2.74 bits per heavy atom. The minimum absolute atomic E-state index is 0.0414. The summed E-state index contributed by atoms with van der Waals surface area (Å²) in [5.74, 6) is 0.0364. The van der Waals surface area contributed by atoms with E-state index in [-0.39, 0.29) is 30.3 Å². The Labute approximate surface area is 114 Å². The fourth-order valence-corrected chi connectivity index (χ4v) is 2.13. The minimum atomic E-state index is -0.378. The molecule has 2 atom stereocenters. The van der Waals surface area contributed by atoms with Gasteiger partial charge in [-0.1, -0.05) is 20.3 Å². The van der Waals surface area contributed by atoms with E-state index in [9.17, 15) is 9.59 Å². The van der Waals surface area contributed by atoms with E-state index in [1.54, 1.807) is 12.0 Å². The van der Waals surface area contributed by atoms with Crippen LogP contribution < -0.4 is 5.32 Å². The zero-order valence-corrected chi connectivity index (χ0v) is 12.0. The smallest absolute Gasteiger partial charge is 0.243 e. The van der Waals surface area contributed by atoms with Gasteiger partial charge in [-0.25, -0.2) is 0 Å². The van der Waals surface area contributed by atoms with E-state index in [1.807, 2.05) is 13.8 Å². The van der Waals surface area contributed by atoms with E-state index in [1.165, 1.54) is 0 Å². The molecule has 2 unspecified atom stereocenters. The predicted octanol–water partition coefficient (Wildman–Crippen LogP) is 0.0225. The van der Waals surface area contributed by atoms with Gasteiger partial charge in [-0.15, -0.1) is 0 Å². The molecule has 19 heavy (non-hydrogen) atoms. The van der Waals surface area contributed by atoms with Gasteiger partial charge in [0, 0.05) is 13.7 Å². The molecule has 1 aliphatic rings. The van der Waals surface area contributed by atoms with Gasteiger partial charge in [0.1, 0.15) is 6.04 Å². The van der Waals surface area contributed by atoms with Gasteiger partial charge in [0.25, 0.3) is 0 Å². The number of piperazine rings is 1. The van der Waals surface area contributed by atoms with Crippen molar-refractivity contribution in [3.63, 3.8) is 0 Å². The second-order valence-corrected chi connectivity index (χ2v) is 4.74. The number of nitrogens with zero attached hydrogens (tertiary/aromatic N) is 1. The lowest BCUT2D eigenvalue weighted by molar-refractivity contribution is -0.148. The van der Waals surface area contributed by atoms with Gasteiger partial charge in [-0.2, -0.15) is 0 Å². The average Bonchev–Trinajstić information content (AvgIpc) is 2.41. The fourth-order valence-electron chi connectivity index (χ4n) is 2.13. The third kappa shape index (κ3) is 4.47. The average molecular weight is 272 g/mol. The maximum absolute atomic E-state index is 11.9. The van der Waals surface area contributed by atoms with Crippen LogP contribution in [0.5, 0.6) is 0 Å². The second kappa shape index (κ2) is 8.12. The monoisotopic (exact) mass is 272 g/mol. The van der Waals surface area contributed by atoms with Gasteiger partial charge in [0.05, 0.1) is 26.4 Å². The Kier molecular flexibility index (Phi) is 6.80. The van der Waals surface area contributed by atoms with Gasteiger partial charge >= 0.3 is 0 Å². The van der Waals surface area contributed by atoms with Crippen LogP contribution in [0.3, 0.4) is 0 Å². The first kappa shape index (κ1) is 15.9. The normalized spacial score (nSPS) is 21.4. The minimum Gasteiger partial charge on any atom is -0.382 e. The summed E-state index contributed by atoms with van der Waals surface area (Å²) in [5.41, 5.74) is 0. The van der Waals surface area contributed by atoms with Crippen molar-refractivity contribution in [2.75, 3.05) is 40.0 Å². The van der Waals surface area contributed by atoms with Crippen LogP contribution in [0.1, 0.15) is 20.3 Å². The van der Waals surface area contributed by atoms with Crippen molar-refractivity contribution < 1.29 is 19.1 Å². The van der Waals surface area contributed by atoms with Crippen LogP contribution in [0, 0.1) is 5.92 Å². The molecule has 1 N–H and O–H groups in total. The van der Waals surface area contributed by atoms with Crippen LogP contribution in [0.25, 0.3) is 0 Å². The van der Waals surface area contributed by atoms with E-state index in [4.69, 9.17) is 9.47 Å². The van der Waals surface area contributed by atoms with Crippen molar-refractivity contribution in [1.82, 2.24) is 10.2 Å². The Morgan fingerprint density at radius 1 is 1.37 bits per heavy atom. The molecule has 0 aromatic carbocycles. The molecular formula is C13H24N2O4. The highest BCUT2D eigenvalue weighted by molar-refractivity contribution is 5.95. The topological polar surface area (TPSA) is 67.9 Å². The van der Waals surface area contributed by atoms with E-state index in [0.29, 0.717) is 26.4 Å². The predicted molar refractivity (Wildman–Crippen MR) is 70.7 cm³/mol. The van der Waals surface area contributed by atoms with Gasteiger partial charge < -0.3 is 19.7 Å². The molecule has 0 spiro atoms. The van der Waals surface area contributed by atoms with E-state index in [0.717, 1.165) is 6.42 Å². The van der Waals surface area contributed by atoms with Crippen LogP contribution in [0.15, 0.2) is 0 Å². The fraction of sp³-hybridized carbons (Fsp3) is 0.846. The van der Waals surface area contributed by atoms with Crippen molar-refractivity contribution in [3.05, 3.63) is 0 Å². The Morgan fingerprint density at radius 2 is 2.11 bits per heavy atom. The maximum Gasteiger partial charge on any atom is 0.243 e. The van der Waals surface area contributed by atoms with Gasteiger partial charge in [0.2, 0.25) is 11.8 Å². The first-order valence-corrected chi connectivity index (χ1v) is 6.75. The first-order valence-electron chi connectivity index (χ1n) is 6.75. The summed E-state index contributed by atoms with van der Waals surface area (Å²) < 4.78 is 10.3. The summed E-state index contributed by atoms with van der Waals surface area (Å²) >= 11 is 0. The molecule has 1 rings (SSSR count). The zero-order chi connectivity index (χ0) is 14.3. The molecule has 6 nitrogen and oxygen atoms in total. The molecule has 2 amide bonds. The standard InChI is InChI=1S/C13H24N2O4/c1-4-10(2)12-13(17)14-9-11(16)15(12)5-6-19-8-7-18-3/h10,12H,4-9H2,1-3H3,(H,14,17). The highest BCUT2D eigenvalue weighted by Gasteiger charge is 2.36. The largest absolute Gasteiger partial charge is 0.382 e. The molecule has 1 aliphatic heterocycles. The molecule has 1 saturated heterocycles. The maximum atomic E-state index is 11.9. The molecular weight excluding hydrogens is 248 g/mol. The Balaban J connectivity index is 2.53. The third-order valence-electron chi connectivity index (χ3n) is 3.43. The zero-order valence-electron chi connectivity index (χ0n) is 12.0. The number of rotatable bonds is 8. The number of hydrogen-bond acceptors (Lipinski definition) is 4. The van der Waals surface area contributed by atoms with Crippen molar-refractivity contribution in [3.8, 4) is 0 Å². The highest BCUT2D eigenvalue weighted by Crippen LogP contribution is 2.17. The number of methoxy groups -OCH3 is 1. The van der Waals surface area contributed by atoms with Gasteiger partial charge in [0.15, 0.2) is 0 Å². The van der Waals surface area contributed by atoms with Crippen LogP contribution in [0.2, 0.25) is 0 Å². The number of amides is 2. The second-order valence-electron chi connectivity index (χ2n) is 4.74. The lowest BCUT2D eigenvalue weighted by Crippen LogP contribution is -2.61. The molecule has 0 aliphatic carbocycles. The number of carbonyl (C=O) groups excluding carboxylic acids is 2. The summed E-state index contributed by atoms with van der Waals surface area (Å²) in [4.78, 5) is 25.5. The van der Waals surface area contributed by atoms with Crippen molar-refractivity contribution in [1.29, 1.82) is 0 Å². The van der Waals surface area contributed by atoms with Gasteiger partial charge in [-0.05, 0) is 5.92 Å². The van der Waals surface area contributed by atoms with Crippen molar-refractivity contribution >= 4 is 11.8 Å². The molecule has 6 heteroatoms. The summed E-state index contributed by atoms with van der Waals surface area (Å²) in [6.07, 6.45) is 0.854. The van der Waals surface area contributed by atoms with Crippen LogP contribution in [0.4, 0.5) is 0 Å². The van der Waals surface area contributed by atoms with Crippen LogP contribution in [-0.2, 0) is 19.1 Å². The van der Waals surface area contributed by atoms with Crippen LogP contribution >= 0.6 is 0 Å². The highest BCUT2D eigenvalue weighted by atomic mass is 16.5. The molecule has 0 aromatic heterocycles. The van der Waals surface area contributed by atoms with E-state index >= 15 is 0 Å². The lowest BCUT2D eigenvalue weighted by atomic mass is 9.95. The quantitative estimate of drug-likeness (QED) is 0.633. The summed E-state index contributed by atoms with van der Waals surface area (Å²) in [6.45, 7) is 6.00. The Hall–Kier alpha value is -1.14. The van der Waals surface area contributed by atoms with Crippen LogP contribution in [-0.4, -0.2) is 62.8 Å².